The summed E-state index contributed by atoms with van der Waals surface area (Å²) in [7, 11) is 0. The van der Waals surface area contributed by atoms with Crippen molar-refractivity contribution in [2.24, 2.45) is 0 Å². The van der Waals surface area contributed by atoms with E-state index in [0.717, 1.165) is 22.8 Å². The van der Waals surface area contributed by atoms with Gasteiger partial charge in [-0.1, -0.05) is 103 Å². The molecule has 0 unspecified atom stereocenters. The average Bonchev–Trinajstić information content (AvgIpc) is 3.30. The van der Waals surface area contributed by atoms with Gasteiger partial charge in [0.25, 0.3) is 0 Å². The third-order valence-electron chi connectivity index (χ3n) is 11.5. The van der Waals surface area contributed by atoms with Crippen molar-refractivity contribution in [1.82, 2.24) is 4.98 Å². The number of nitrogens with zero attached hydrogens (tertiary/aromatic N) is 2. The van der Waals surface area contributed by atoms with Gasteiger partial charge in [-0.25, -0.2) is 4.98 Å². The predicted octanol–water partition coefficient (Wildman–Crippen LogP) is 15.0. The van der Waals surface area contributed by atoms with E-state index < -0.39 is 195 Å². The second-order valence-electron chi connectivity index (χ2n) is 16.8. The Balaban J connectivity index is 0.000000397. The fourth-order valence-electron chi connectivity index (χ4n) is 8.19. The van der Waals surface area contributed by atoms with E-state index in [1.807, 2.05) is 48.9 Å². The molecule has 7 rings (SSSR count). The minimum absolute atomic E-state index is 0.691. The van der Waals surface area contributed by atoms with E-state index in [4.69, 9.17) is 11.6 Å². The third-order valence-corrected chi connectivity index (χ3v) is 11.8. The van der Waals surface area contributed by atoms with Crippen molar-refractivity contribution in [3.8, 4) is 11.3 Å². The molecule has 28 heteroatoms. The van der Waals surface area contributed by atoms with Crippen LogP contribution in [-0.4, -0.2) is 11.1 Å². The van der Waals surface area contributed by atoms with Gasteiger partial charge in [0.15, 0.2) is 18.9 Å². The van der Waals surface area contributed by atoms with Crippen molar-refractivity contribution in [3.63, 3.8) is 0 Å². The van der Waals surface area contributed by atoms with E-state index >= 15 is 0 Å². The van der Waals surface area contributed by atoms with Gasteiger partial charge in [0.05, 0.1) is 50.7 Å². The zero-order valence-electron chi connectivity index (χ0n) is 37.5. The van der Waals surface area contributed by atoms with Crippen LogP contribution in [0.4, 0.5) is 105 Å². The summed E-state index contributed by atoms with van der Waals surface area (Å²) >= 11 is 6.03. The highest BCUT2D eigenvalue weighted by Gasteiger charge is 2.47. The predicted molar refractivity (Wildman–Crippen MR) is 230 cm³/mol. The fourth-order valence-corrected chi connectivity index (χ4v) is 8.38. The Bertz CT molecular complexity index is 2800. The molecule has 2 nitrogen and oxygen atoms in total. The molecule has 0 aliphatic heterocycles. The lowest BCUT2D eigenvalue weighted by atomic mass is 9.12. The summed E-state index contributed by atoms with van der Waals surface area (Å²) in [4.78, 5) is 4.41. The monoisotopic (exact) mass is 1140 g/mol. The molecule has 0 amide bonds. The number of hydrogen-bond acceptors (Lipinski definition) is 1. The van der Waals surface area contributed by atoms with E-state index in [0.29, 0.717) is 0 Å². The maximum absolute atomic E-state index is 14.2. The molecule has 0 fully saturated rings. The summed E-state index contributed by atoms with van der Waals surface area (Å²) in [6, 6.07) is 9.30. The Morgan fingerprint density at radius 1 is 0.364 bits per heavy atom. The highest BCUT2D eigenvalue weighted by molar-refractivity contribution is 7.20. The van der Waals surface area contributed by atoms with E-state index in [-0.39, 0.29) is 0 Å². The molecule has 0 saturated carbocycles. The van der Waals surface area contributed by atoms with Gasteiger partial charge in [-0.15, -0.1) is 0 Å². The van der Waals surface area contributed by atoms with Crippen molar-refractivity contribution in [1.29, 1.82) is 0 Å². The Hall–Kier alpha value is -6.93. The molecule has 0 aliphatic carbocycles. The highest BCUT2D eigenvalue weighted by atomic mass is 35.5. The number of aromatic nitrogens is 2. The standard InChI is InChI=1S/C32H12BF24.C17H14ClN2/c34-25(35,36)13-1-14(26(37,38)39)6-21(5-13)33(22-7-15(27(40,41)42)2-16(8-22)28(43,44)45,23-9-17(29(46,47)48)3-18(10-23)30(49,50)51)24-11-19(31(52,53)54)4-20(12-24)32(55,56)57;18-16-8-4-7-15(11-16)17-13-20(10-9-19-17)12-14-5-2-1-3-6-14/h1-12H;1-11,13H,12H2/q-1;+1. The number of hydrogen-bond donors (Lipinski definition) is 0. The SMILES string of the molecule is Clc1cccc(-c2c[n+](Cc3ccccc3)ccn2)c1.FC(F)(F)c1cc([B-](c2cc(C(F)(F)F)cc(C(F)(F)F)c2)(c2cc(C(F)(F)F)cc(C(F)(F)F)c2)c2cc(C(F)(F)F)cc(C(F)(F)F)c2)cc(C(F)(F)F)c1. The van der Waals surface area contributed by atoms with Gasteiger partial charge in [0, 0.05) is 16.1 Å². The van der Waals surface area contributed by atoms with Crippen LogP contribution in [0.5, 0.6) is 0 Å². The first-order chi connectivity index (χ1) is 35.1. The van der Waals surface area contributed by atoms with Gasteiger partial charge in [-0.2, -0.15) is 132 Å². The summed E-state index contributed by atoms with van der Waals surface area (Å²) in [6.45, 7) is 0.830. The first-order valence-corrected chi connectivity index (χ1v) is 21.5. The molecule has 0 aliphatic rings. The number of rotatable bonds is 7. The lowest BCUT2D eigenvalue weighted by Gasteiger charge is -2.46. The molecule has 1 heterocycles. The normalized spacial score (nSPS) is 13.3. The van der Waals surface area contributed by atoms with E-state index in [1.165, 1.54) is 5.56 Å². The first kappa shape index (κ1) is 59.3. The maximum Gasteiger partial charge on any atom is 0.416 e. The maximum atomic E-state index is 14.2. The van der Waals surface area contributed by atoms with Crippen molar-refractivity contribution in [2.45, 2.75) is 56.0 Å². The molecule has 0 atom stereocenters. The van der Waals surface area contributed by atoms with Gasteiger partial charge in [-0.3, -0.25) is 0 Å². The number of benzene rings is 6. The number of halogens is 25. The largest absolute Gasteiger partial charge is 0.416 e. The van der Waals surface area contributed by atoms with Crippen LogP contribution < -0.4 is 26.4 Å². The summed E-state index contributed by atoms with van der Waals surface area (Å²) in [5, 5.41) is 0.725. The van der Waals surface area contributed by atoms with Crippen molar-refractivity contribution >= 4 is 39.6 Å². The highest BCUT2D eigenvalue weighted by Crippen LogP contribution is 2.41. The topological polar surface area (TPSA) is 16.8 Å². The second-order valence-corrected chi connectivity index (χ2v) is 17.3. The smallest absolute Gasteiger partial charge is 0.244 e. The van der Waals surface area contributed by atoms with Crippen molar-refractivity contribution in [2.75, 3.05) is 0 Å². The molecule has 0 spiro atoms. The van der Waals surface area contributed by atoms with Gasteiger partial charge in [0.2, 0.25) is 0 Å². The molecule has 0 bridgehead atoms. The Morgan fingerprint density at radius 3 is 0.935 bits per heavy atom. The minimum Gasteiger partial charge on any atom is -0.244 e. The Morgan fingerprint density at radius 2 is 0.662 bits per heavy atom. The average molecular weight is 1140 g/mol. The number of alkyl halides is 24. The fraction of sp³-hybridized carbons (Fsp3) is 0.184. The van der Waals surface area contributed by atoms with E-state index in [1.54, 1.807) is 0 Å². The lowest BCUT2D eigenvalue weighted by Crippen LogP contribution is -2.75. The quantitative estimate of drug-likeness (QED) is 0.0883. The van der Waals surface area contributed by atoms with E-state index in [9.17, 15) is 105 Å². The van der Waals surface area contributed by atoms with Gasteiger partial charge >= 0.3 is 49.4 Å². The molecular formula is C49H26BClF24N2. The van der Waals surface area contributed by atoms with E-state index in [2.05, 4.69) is 33.8 Å². The summed E-state index contributed by atoms with van der Waals surface area (Å²) in [5.74, 6) is 0. The molecule has 77 heavy (non-hydrogen) atoms. The van der Waals surface area contributed by atoms with Gasteiger partial charge in [0.1, 0.15) is 11.8 Å². The zero-order valence-corrected chi connectivity index (χ0v) is 38.2. The molecule has 6 aromatic carbocycles. The van der Waals surface area contributed by atoms with Gasteiger partial charge < -0.3 is 0 Å². The second kappa shape index (κ2) is 20.8. The Labute approximate surface area is 422 Å². The molecule has 1 aromatic heterocycles. The molecule has 7 aromatic rings. The summed E-state index contributed by atoms with van der Waals surface area (Å²) in [6.07, 6.45) is -49.0. The van der Waals surface area contributed by atoms with Crippen molar-refractivity contribution < 1.29 is 110 Å². The molecule has 0 N–H and O–H groups in total. The van der Waals surface area contributed by atoms with Crippen molar-refractivity contribution in [3.05, 3.63) is 201 Å². The lowest BCUT2D eigenvalue weighted by molar-refractivity contribution is -0.688. The first-order valence-electron chi connectivity index (χ1n) is 21.1. The third kappa shape index (κ3) is 14.0. The molecular weight excluding hydrogens is 1120 g/mol. The van der Waals surface area contributed by atoms with Crippen LogP contribution >= 0.6 is 11.6 Å². The van der Waals surface area contributed by atoms with Crippen LogP contribution in [0.1, 0.15) is 50.1 Å². The van der Waals surface area contributed by atoms with Crippen LogP contribution in [0.2, 0.25) is 5.02 Å². The Kier molecular flexibility index (Phi) is 16.0. The molecule has 0 radical (unpaired) electrons. The van der Waals surface area contributed by atoms with Gasteiger partial charge in [-0.05, 0) is 36.4 Å². The minimum atomic E-state index is -6.13. The summed E-state index contributed by atoms with van der Waals surface area (Å²) in [5.41, 5.74) is -27.0. The molecule has 0 saturated heterocycles. The van der Waals surface area contributed by atoms with Crippen LogP contribution in [0.25, 0.3) is 11.3 Å². The summed E-state index contributed by atoms with van der Waals surface area (Å²) < 4.78 is 343. The van der Waals surface area contributed by atoms with Crippen LogP contribution in [0.3, 0.4) is 0 Å². The zero-order chi connectivity index (χ0) is 57.7. The molecule has 410 valence electrons. The van der Waals surface area contributed by atoms with Crippen LogP contribution in [0.15, 0.2) is 146 Å². The van der Waals surface area contributed by atoms with Crippen LogP contribution in [0, 0.1) is 0 Å². The van der Waals surface area contributed by atoms with Crippen LogP contribution in [-0.2, 0) is 56.0 Å².